The smallest absolute Gasteiger partial charge is 0.321 e. The first-order valence-electron chi connectivity index (χ1n) is 9.00. The molecule has 2 atom stereocenters. The highest BCUT2D eigenvalue weighted by atomic mass is 35.5. The number of carbonyl (C=O) groups excluding carboxylic acids is 2. The lowest BCUT2D eigenvalue weighted by atomic mass is 10.1. The molecule has 0 fully saturated rings. The van der Waals surface area contributed by atoms with Gasteiger partial charge in [-0.05, 0) is 50.6 Å². The summed E-state index contributed by atoms with van der Waals surface area (Å²) >= 11 is 12.0. The van der Waals surface area contributed by atoms with Gasteiger partial charge < -0.3 is 10.1 Å². The molecule has 10 heteroatoms. The molecule has 0 saturated carbocycles. The van der Waals surface area contributed by atoms with Crippen molar-refractivity contribution < 1.29 is 22.7 Å². The number of hydrogen-bond donors (Lipinski definition) is 2. The van der Waals surface area contributed by atoms with Crippen LogP contribution in [0.3, 0.4) is 0 Å². The Morgan fingerprint density at radius 2 is 1.70 bits per heavy atom. The van der Waals surface area contributed by atoms with Crippen LogP contribution in [0, 0.1) is 6.92 Å². The number of nitrogens with one attached hydrogen (secondary N) is 2. The number of carbonyl (C=O) groups is 2. The molecule has 0 radical (unpaired) electrons. The third-order valence-electron chi connectivity index (χ3n) is 4.20. The van der Waals surface area contributed by atoms with E-state index < -0.39 is 40.6 Å². The Balaban J connectivity index is 1.88. The van der Waals surface area contributed by atoms with Crippen LogP contribution in [-0.2, 0) is 24.3 Å². The second kappa shape index (κ2) is 10.3. The van der Waals surface area contributed by atoms with Gasteiger partial charge in [-0.25, -0.2) is 8.42 Å². The highest BCUT2D eigenvalue weighted by molar-refractivity contribution is 7.89. The Kier molecular flexibility index (Phi) is 8.25. The Morgan fingerprint density at radius 1 is 1.07 bits per heavy atom. The lowest BCUT2D eigenvalue weighted by molar-refractivity contribution is -0.153. The van der Waals surface area contributed by atoms with Gasteiger partial charge in [0, 0.05) is 10.0 Å². The SMILES string of the molecule is Cc1ccc(S(=O)(=O)NCC(=O)OC(C)C(=O)NC(C)c2ccc(Cl)cc2Cl)cc1. The normalized spacial score (nSPS) is 13.4. The molecule has 0 bridgehead atoms. The summed E-state index contributed by atoms with van der Waals surface area (Å²) in [4.78, 5) is 24.3. The van der Waals surface area contributed by atoms with Crippen molar-refractivity contribution in [3.05, 3.63) is 63.6 Å². The first kappa shape index (κ1) is 24.1. The summed E-state index contributed by atoms with van der Waals surface area (Å²) in [6.07, 6.45) is -1.13. The lowest BCUT2D eigenvalue weighted by Gasteiger charge is -2.19. The number of sulfonamides is 1. The molecule has 30 heavy (non-hydrogen) atoms. The van der Waals surface area contributed by atoms with E-state index in [4.69, 9.17) is 27.9 Å². The second-order valence-electron chi connectivity index (χ2n) is 6.67. The molecule has 0 spiro atoms. The number of benzene rings is 2. The Bertz CT molecular complexity index is 1030. The molecule has 0 aliphatic rings. The summed E-state index contributed by atoms with van der Waals surface area (Å²) in [7, 11) is -3.87. The van der Waals surface area contributed by atoms with Gasteiger partial charge in [0.2, 0.25) is 10.0 Å². The molecule has 2 unspecified atom stereocenters. The molecule has 1 amide bonds. The average molecular weight is 473 g/mol. The lowest BCUT2D eigenvalue weighted by Crippen LogP contribution is -2.39. The maximum absolute atomic E-state index is 12.3. The zero-order valence-electron chi connectivity index (χ0n) is 16.6. The van der Waals surface area contributed by atoms with Crippen LogP contribution >= 0.6 is 23.2 Å². The van der Waals surface area contributed by atoms with Crippen molar-refractivity contribution in [1.29, 1.82) is 0 Å². The summed E-state index contributed by atoms with van der Waals surface area (Å²) in [5.41, 5.74) is 1.56. The quantitative estimate of drug-likeness (QED) is 0.573. The fourth-order valence-corrected chi connectivity index (χ4v) is 4.05. The molecule has 0 aliphatic carbocycles. The molecule has 7 nitrogen and oxygen atoms in total. The fourth-order valence-electron chi connectivity index (χ4n) is 2.51. The third kappa shape index (κ3) is 6.70. The minimum Gasteiger partial charge on any atom is -0.452 e. The van der Waals surface area contributed by atoms with Crippen LogP contribution in [0.15, 0.2) is 47.4 Å². The first-order chi connectivity index (χ1) is 14.0. The van der Waals surface area contributed by atoms with E-state index in [1.165, 1.54) is 19.1 Å². The molecule has 2 rings (SSSR count). The van der Waals surface area contributed by atoms with Gasteiger partial charge in [-0.3, -0.25) is 9.59 Å². The van der Waals surface area contributed by atoms with Crippen LogP contribution in [0.4, 0.5) is 0 Å². The average Bonchev–Trinajstić information content (AvgIpc) is 2.66. The number of hydrogen-bond acceptors (Lipinski definition) is 5. The van der Waals surface area contributed by atoms with Crippen LogP contribution in [0.25, 0.3) is 0 Å². The van der Waals surface area contributed by atoms with E-state index >= 15 is 0 Å². The Labute approximate surface area is 185 Å². The number of aryl methyl sites for hydroxylation is 1. The van der Waals surface area contributed by atoms with Crippen molar-refractivity contribution in [3.63, 3.8) is 0 Å². The minimum absolute atomic E-state index is 0.0281. The van der Waals surface area contributed by atoms with Crippen molar-refractivity contribution >= 4 is 45.1 Å². The van der Waals surface area contributed by atoms with E-state index in [9.17, 15) is 18.0 Å². The number of rotatable bonds is 8. The first-order valence-corrected chi connectivity index (χ1v) is 11.2. The van der Waals surface area contributed by atoms with E-state index in [2.05, 4.69) is 10.0 Å². The summed E-state index contributed by atoms with van der Waals surface area (Å²) in [6, 6.07) is 10.6. The van der Waals surface area contributed by atoms with Gasteiger partial charge >= 0.3 is 5.97 Å². The summed E-state index contributed by atoms with van der Waals surface area (Å²) in [5, 5.41) is 3.55. The Morgan fingerprint density at radius 3 is 2.30 bits per heavy atom. The van der Waals surface area contributed by atoms with Crippen LogP contribution in [0.2, 0.25) is 10.0 Å². The number of ether oxygens (including phenoxy) is 1. The third-order valence-corrected chi connectivity index (χ3v) is 6.18. The van der Waals surface area contributed by atoms with Crippen molar-refractivity contribution in [2.45, 2.75) is 37.8 Å². The summed E-state index contributed by atoms with van der Waals surface area (Å²) in [5.74, 6) is -1.44. The number of esters is 1. The van der Waals surface area contributed by atoms with Crippen LogP contribution in [0.5, 0.6) is 0 Å². The van der Waals surface area contributed by atoms with E-state index in [-0.39, 0.29) is 4.90 Å². The molecule has 2 aromatic carbocycles. The van der Waals surface area contributed by atoms with Gasteiger partial charge in [-0.1, -0.05) is 47.0 Å². The zero-order chi connectivity index (χ0) is 22.5. The van der Waals surface area contributed by atoms with Crippen molar-refractivity contribution in [3.8, 4) is 0 Å². The Hall–Kier alpha value is -2.13. The molecule has 0 aromatic heterocycles. The predicted octanol–water partition coefficient (Wildman–Crippen LogP) is 3.39. The summed E-state index contributed by atoms with van der Waals surface area (Å²) in [6.45, 7) is 4.33. The molecule has 162 valence electrons. The fraction of sp³-hybridized carbons (Fsp3) is 0.300. The van der Waals surface area contributed by atoms with Gasteiger partial charge in [0.25, 0.3) is 5.91 Å². The van der Waals surface area contributed by atoms with E-state index in [1.54, 1.807) is 37.3 Å². The van der Waals surface area contributed by atoms with Crippen molar-refractivity contribution in [2.75, 3.05) is 6.54 Å². The minimum atomic E-state index is -3.87. The molecular weight excluding hydrogens is 451 g/mol. The largest absolute Gasteiger partial charge is 0.452 e. The zero-order valence-corrected chi connectivity index (χ0v) is 18.9. The molecule has 0 aliphatic heterocycles. The van der Waals surface area contributed by atoms with Crippen LogP contribution in [0.1, 0.15) is 31.0 Å². The molecule has 2 N–H and O–H groups in total. The van der Waals surface area contributed by atoms with Gasteiger partial charge in [0.05, 0.1) is 10.9 Å². The van der Waals surface area contributed by atoms with E-state index in [0.717, 1.165) is 5.56 Å². The molecule has 0 heterocycles. The van der Waals surface area contributed by atoms with Gasteiger partial charge in [-0.15, -0.1) is 0 Å². The number of amides is 1. The predicted molar refractivity (Wildman–Crippen MR) is 115 cm³/mol. The second-order valence-corrected chi connectivity index (χ2v) is 9.28. The van der Waals surface area contributed by atoms with Crippen LogP contribution < -0.4 is 10.0 Å². The van der Waals surface area contributed by atoms with Gasteiger partial charge in [0.1, 0.15) is 6.54 Å². The van der Waals surface area contributed by atoms with Crippen molar-refractivity contribution in [1.82, 2.24) is 10.0 Å². The van der Waals surface area contributed by atoms with Crippen molar-refractivity contribution in [2.24, 2.45) is 0 Å². The topological polar surface area (TPSA) is 102 Å². The maximum Gasteiger partial charge on any atom is 0.321 e. The number of halogens is 2. The summed E-state index contributed by atoms with van der Waals surface area (Å²) < 4.78 is 31.6. The molecule has 0 saturated heterocycles. The van der Waals surface area contributed by atoms with Gasteiger partial charge in [0.15, 0.2) is 6.10 Å². The molecular formula is C20H22Cl2N2O5S. The monoisotopic (exact) mass is 472 g/mol. The van der Waals surface area contributed by atoms with Gasteiger partial charge in [-0.2, -0.15) is 4.72 Å². The maximum atomic E-state index is 12.3. The highest BCUT2D eigenvalue weighted by Crippen LogP contribution is 2.26. The van der Waals surface area contributed by atoms with E-state index in [1.807, 2.05) is 6.92 Å². The van der Waals surface area contributed by atoms with E-state index in [0.29, 0.717) is 15.6 Å². The van der Waals surface area contributed by atoms with Crippen LogP contribution in [-0.4, -0.2) is 32.9 Å². The highest BCUT2D eigenvalue weighted by Gasteiger charge is 2.22. The molecule has 2 aromatic rings. The standard InChI is InChI=1S/C20H22Cl2N2O5S/c1-12-4-7-16(8-5-12)30(27,28)23-11-19(25)29-14(3)20(26)24-13(2)17-9-6-15(21)10-18(17)22/h4-10,13-14,23H,11H2,1-3H3,(H,24,26).